The molecule has 0 fully saturated rings. The van der Waals surface area contributed by atoms with Crippen molar-refractivity contribution in [3.63, 3.8) is 0 Å². The second-order valence-corrected chi connectivity index (χ2v) is 6.38. The number of nitrogens with zero attached hydrogens (tertiary/aromatic N) is 1. The van der Waals surface area contributed by atoms with Gasteiger partial charge in [-0.25, -0.2) is 4.39 Å². The van der Waals surface area contributed by atoms with Crippen LogP contribution in [0.25, 0.3) is 0 Å². The Hall–Kier alpha value is -1.92. The number of carbonyl (C=O) groups excluding carboxylic acids is 1. The van der Waals surface area contributed by atoms with E-state index in [-0.39, 0.29) is 18.3 Å². The Balaban J connectivity index is 1.95. The molecule has 0 aromatic heterocycles. The zero-order chi connectivity index (χ0) is 17.5. The van der Waals surface area contributed by atoms with Crippen LogP contribution < -0.4 is 10.1 Å². The number of hydrogen-bond acceptors (Lipinski definition) is 3. The number of hydrogen-bond donors (Lipinski definition) is 1. The summed E-state index contributed by atoms with van der Waals surface area (Å²) in [5, 5.41) is 3.26. The van der Waals surface area contributed by atoms with Crippen molar-refractivity contribution < 1.29 is 13.9 Å². The molecule has 24 heavy (non-hydrogen) atoms. The fraction of sp³-hybridized carbons (Fsp3) is 0.278. The van der Waals surface area contributed by atoms with Crippen molar-refractivity contribution in [1.82, 2.24) is 10.2 Å². The summed E-state index contributed by atoms with van der Waals surface area (Å²) >= 11 is 3.41. The molecule has 0 saturated carbocycles. The molecule has 4 nitrogen and oxygen atoms in total. The van der Waals surface area contributed by atoms with Crippen molar-refractivity contribution in [1.29, 1.82) is 0 Å². The van der Waals surface area contributed by atoms with Crippen LogP contribution >= 0.6 is 15.9 Å². The average Bonchev–Trinajstić information content (AvgIpc) is 2.56. The standard InChI is InChI=1S/C18H20BrFN2O2/c1-22(2)18(23)12-24-17-6-4-3-5-13(17)10-21-11-14-9-15(20)7-8-16(14)19/h3-9,21H,10-12H2,1-2H3. The van der Waals surface area contributed by atoms with E-state index in [0.717, 1.165) is 15.6 Å². The molecule has 0 atom stereocenters. The summed E-state index contributed by atoms with van der Waals surface area (Å²) in [4.78, 5) is 13.1. The molecule has 2 aromatic rings. The lowest BCUT2D eigenvalue weighted by atomic mass is 10.2. The number of carbonyl (C=O) groups is 1. The lowest BCUT2D eigenvalue weighted by molar-refractivity contribution is -0.130. The van der Waals surface area contributed by atoms with Gasteiger partial charge in [0.2, 0.25) is 0 Å². The van der Waals surface area contributed by atoms with Gasteiger partial charge in [-0.15, -0.1) is 0 Å². The minimum Gasteiger partial charge on any atom is -0.483 e. The molecule has 0 bridgehead atoms. The van der Waals surface area contributed by atoms with Crippen LogP contribution in [0.2, 0.25) is 0 Å². The lowest BCUT2D eigenvalue weighted by Gasteiger charge is -2.14. The highest BCUT2D eigenvalue weighted by atomic mass is 79.9. The molecule has 0 unspecified atom stereocenters. The van der Waals surface area contributed by atoms with Crippen molar-refractivity contribution in [3.8, 4) is 5.75 Å². The van der Waals surface area contributed by atoms with Gasteiger partial charge in [0.25, 0.3) is 5.91 Å². The maximum atomic E-state index is 13.3. The molecule has 0 spiro atoms. The van der Waals surface area contributed by atoms with Crippen LogP contribution in [0.1, 0.15) is 11.1 Å². The summed E-state index contributed by atoms with van der Waals surface area (Å²) in [6.45, 7) is 1.07. The Kier molecular flexibility index (Phi) is 6.75. The summed E-state index contributed by atoms with van der Waals surface area (Å²) in [5.41, 5.74) is 1.78. The number of likely N-dealkylation sites (N-methyl/N-ethyl adjacent to an activating group) is 1. The molecule has 2 aromatic carbocycles. The highest BCUT2D eigenvalue weighted by molar-refractivity contribution is 9.10. The molecule has 0 saturated heterocycles. The first-order chi connectivity index (χ1) is 11.5. The van der Waals surface area contributed by atoms with E-state index in [2.05, 4.69) is 21.2 Å². The maximum Gasteiger partial charge on any atom is 0.259 e. The number of para-hydroxylation sites is 1. The van der Waals surface area contributed by atoms with Gasteiger partial charge < -0.3 is 15.0 Å². The number of rotatable bonds is 7. The van der Waals surface area contributed by atoms with Crippen molar-refractivity contribution in [2.75, 3.05) is 20.7 Å². The van der Waals surface area contributed by atoms with Gasteiger partial charge in [0.05, 0.1) is 0 Å². The molecule has 0 aliphatic heterocycles. The van der Waals surface area contributed by atoms with Gasteiger partial charge in [0.15, 0.2) is 6.61 Å². The third-order valence-electron chi connectivity index (χ3n) is 3.46. The topological polar surface area (TPSA) is 41.6 Å². The molecule has 0 aliphatic carbocycles. The summed E-state index contributed by atoms with van der Waals surface area (Å²) in [5.74, 6) is 0.306. The second kappa shape index (κ2) is 8.80. The molecule has 6 heteroatoms. The summed E-state index contributed by atoms with van der Waals surface area (Å²) in [6, 6.07) is 12.1. The van der Waals surface area contributed by atoms with Crippen LogP contribution in [0.5, 0.6) is 5.75 Å². The van der Waals surface area contributed by atoms with E-state index >= 15 is 0 Å². The summed E-state index contributed by atoms with van der Waals surface area (Å²) in [6.07, 6.45) is 0. The van der Waals surface area contributed by atoms with E-state index in [4.69, 9.17) is 4.74 Å². The largest absolute Gasteiger partial charge is 0.483 e. The number of nitrogens with one attached hydrogen (secondary N) is 1. The minimum absolute atomic E-state index is 0.000538. The maximum absolute atomic E-state index is 13.3. The quantitative estimate of drug-likeness (QED) is 0.782. The van der Waals surface area contributed by atoms with E-state index < -0.39 is 0 Å². The van der Waals surface area contributed by atoms with Crippen LogP contribution in [-0.4, -0.2) is 31.5 Å². The first kappa shape index (κ1) is 18.4. The third kappa shape index (κ3) is 5.32. The lowest BCUT2D eigenvalue weighted by Crippen LogP contribution is -2.27. The fourth-order valence-electron chi connectivity index (χ4n) is 2.07. The van der Waals surface area contributed by atoms with Gasteiger partial charge in [-0.1, -0.05) is 34.1 Å². The van der Waals surface area contributed by atoms with Crippen LogP contribution in [0.15, 0.2) is 46.9 Å². The van der Waals surface area contributed by atoms with E-state index in [1.807, 2.05) is 24.3 Å². The highest BCUT2D eigenvalue weighted by Gasteiger charge is 2.08. The molecule has 0 radical (unpaired) electrons. The molecular weight excluding hydrogens is 375 g/mol. The number of amides is 1. The summed E-state index contributed by atoms with van der Waals surface area (Å²) in [7, 11) is 3.38. The Labute approximate surface area is 149 Å². The molecule has 128 valence electrons. The zero-order valence-corrected chi connectivity index (χ0v) is 15.3. The van der Waals surface area contributed by atoms with Gasteiger partial charge in [-0.3, -0.25) is 4.79 Å². The van der Waals surface area contributed by atoms with Crippen molar-refractivity contribution in [2.24, 2.45) is 0 Å². The van der Waals surface area contributed by atoms with Crippen molar-refractivity contribution in [3.05, 3.63) is 63.9 Å². The van der Waals surface area contributed by atoms with Gasteiger partial charge in [-0.05, 0) is 29.8 Å². The number of halogens is 2. The Morgan fingerprint density at radius 2 is 1.88 bits per heavy atom. The molecular formula is C18H20BrFN2O2. The van der Waals surface area contributed by atoms with Crippen molar-refractivity contribution in [2.45, 2.75) is 13.1 Å². The normalized spacial score (nSPS) is 10.5. The number of benzene rings is 2. The van der Waals surface area contributed by atoms with Crippen LogP contribution in [0, 0.1) is 5.82 Å². The van der Waals surface area contributed by atoms with E-state index in [1.54, 1.807) is 20.2 Å². The van der Waals surface area contributed by atoms with E-state index in [0.29, 0.717) is 18.8 Å². The van der Waals surface area contributed by atoms with E-state index in [1.165, 1.54) is 17.0 Å². The summed E-state index contributed by atoms with van der Waals surface area (Å²) < 4.78 is 19.8. The predicted molar refractivity (Wildman–Crippen MR) is 95.3 cm³/mol. The third-order valence-corrected chi connectivity index (χ3v) is 4.23. The Morgan fingerprint density at radius 3 is 2.62 bits per heavy atom. The smallest absolute Gasteiger partial charge is 0.259 e. The SMILES string of the molecule is CN(C)C(=O)COc1ccccc1CNCc1cc(F)ccc1Br. The Bertz CT molecular complexity index is 707. The van der Waals surface area contributed by atoms with Gasteiger partial charge in [-0.2, -0.15) is 0 Å². The molecule has 1 amide bonds. The zero-order valence-electron chi connectivity index (χ0n) is 13.7. The highest BCUT2D eigenvalue weighted by Crippen LogP contribution is 2.20. The van der Waals surface area contributed by atoms with Gasteiger partial charge >= 0.3 is 0 Å². The average molecular weight is 395 g/mol. The minimum atomic E-state index is -0.263. The molecule has 1 N–H and O–H groups in total. The molecule has 2 rings (SSSR count). The number of ether oxygens (including phenoxy) is 1. The van der Waals surface area contributed by atoms with E-state index in [9.17, 15) is 9.18 Å². The fourth-order valence-corrected chi connectivity index (χ4v) is 2.46. The molecule has 0 aliphatic rings. The molecule has 0 heterocycles. The van der Waals surface area contributed by atoms with Crippen molar-refractivity contribution >= 4 is 21.8 Å². The van der Waals surface area contributed by atoms with Gasteiger partial charge in [0.1, 0.15) is 11.6 Å². The van der Waals surface area contributed by atoms with Crippen LogP contribution in [-0.2, 0) is 17.9 Å². The predicted octanol–water partition coefficient (Wildman–Crippen LogP) is 3.35. The van der Waals surface area contributed by atoms with Crippen LogP contribution in [0.4, 0.5) is 4.39 Å². The Morgan fingerprint density at radius 1 is 1.17 bits per heavy atom. The first-order valence-corrected chi connectivity index (χ1v) is 8.32. The second-order valence-electron chi connectivity index (χ2n) is 5.52. The monoisotopic (exact) mass is 394 g/mol. The van der Waals surface area contributed by atoms with Gasteiger partial charge in [0, 0.05) is 37.2 Å². The first-order valence-electron chi connectivity index (χ1n) is 7.53. The van der Waals surface area contributed by atoms with Crippen LogP contribution in [0.3, 0.4) is 0 Å².